The summed E-state index contributed by atoms with van der Waals surface area (Å²) in [5, 5.41) is 2.94. The fourth-order valence-electron chi connectivity index (χ4n) is 6.43. The van der Waals surface area contributed by atoms with E-state index in [0.29, 0.717) is 18.0 Å². The van der Waals surface area contributed by atoms with Crippen LogP contribution in [-0.2, 0) is 9.53 Å². The smallest absolute Gasteiger partial charge is 0.246 e. The van der Waals surface area contributed by atoms with Gasteiger partial charge in [0.15, 0.2) is 0 Å². The number of piperidine rings is 1. The fourth-order valence-corrected chi connectivity index (χ4v) is 6.43. The highest BCUT2D eigenvalue weighted by molar-refractivity contribution is 5.77. The quantitative estimate of drug-likeness (QED) is 0.342. The second-order valence-electron chi connectivity index (χ2n) is 11.9. The van der Waals surface area contributed by atoms with Gasteiger partial charge >= 0.3 is 0 Å². The van der Waals surface area contributed by atoms with E-state index in [4.69, 9.17) is 14.7 Å². The minimum atomic E-state index is -0.000205. The van der Waals surface area contributed by atoms with Gasteiger partial charge in [0.25, 0.3) is 0 Å². The van der Waals surface area contributed by atoms with Crippen molar-refractivity contribution in [1.82, 2.24) is 25.1 Å². The Bertz CT molecular complexity index is 813. The lowest BCUT2D eigenvalue weighted by molar-refractivity contribution is -0.127. The van der Waals surface area contributed by atoms with E-state index in [2.05, 4.69) is 39.3 Å². The van der Waals surface area contributed by atoms with Gasteiger partial charge in [0.1, 0.15) is 6.61 Å². The van der Waals surface area contributed by atoms with Crippen LogP contribution in [0.25, 0.3) is 0 Å². The Morgan fingerprint density at radius 1 is 0.947 bits per heavy atom. The third-order valence-electron chi connectivity index (χ3n) is 8.72. The van der Waals surface area contributed by atoms with Crippen LogP contribution >= 0.6 is 0 Å². The zero-order chi connectivity index (χ0) is 26.7. The third-order valence-corrected chi connectivity index (χ3v) is 8.72. The minimum Gasteiger partial charge on any atom is -0.369 e. The van der Waals surface area contributed by atoms with Crippen molar-refractivity contribution in [2.75, 3.05) is 57.3 Å². The van der Waals surface area contributed by atoms with E-state index in [1.54, 1.807) is 0 Å². The second kappa shape index (κ2) is 15.1. The Morgan fingerprint density at radius 3 is 2.21 bits per heavy atom. The zero-order valence-corrected chi connectivity index (χ0v) is 24.2. The molecule has 0 radical (unpaired) electrons. The lowest BCUT2D eigenvalue weighted by Crippen LogP contribution is -2.54. The number of likely N-dealkylation sites (tertiary alicyclic amines) is 2. The van der Waals surface area contributed by atoms with Gasteiger partial charge in [-0.15, -0.1) is 0 Å². The average Bonchev–Trinajstić information content (AvgIpc) is 3.20. The largest absolute Gasteiger partial charge is 0.369 e. The first kappa shape index (κ1) is 29.2. The molecule has 2 bridgehead atoms. The number of rotatable bonds is 15. The van der Waals surface area contributed by atoms with Crippen LogP contribution in [0.1, 0.15) is 96.5 Å². The lowest BCUT2D eigenvalue weighted by Gasteiger charge is -2.40. The van der Waals surface area contributed by atoms with Crippen LogP contribution in [0.2, 0.25) is 0 Å². The summed E-state index contributed by atoms with van der Waals surface area (Å²) in [6.07, 6.45) is 16.7. The van der Waals surface area contributed by atoms with Crippen molar-refractivity contribution >= 4 is 11.9 Å². The Hall–Kier alpha value is -1.77. The van der Waals surface area contributed by atoms with E-state index in [-0.39, 0.29) is 18.6 Å². The molecule has 0 aliphatic carbocycles. The first-order valence-corrected chi connectivity index (χ1v) is 15.5. The van der Waals surface area contributed by atoms with Crippen molar-refractivity contribution in [2.24, 2.45) is 0 Å². The summed E-state index contributed by atoms with van der Waals surface area (Å²) in [5.41, 5.74) is 1.33. The van der Waals surface area contributed by atoms with Gasteiger partial charge in [-0.3, -0.25) is 9.69 Å². The molecule has 0 aromatic carbocycles. The van der Waals surface area contributed by atoms with E-state index in [0.717, 1.165) is 38.5 Å². The summed E-state index contributed by atoms with van der Waals surface area (Å²) in [6, 6.07) is 1.18. The van der Waals surface area contributed by atoms with Gasteiger partial charge in [-0.1, -0.05) is 32.6 Å². The van der Waals surface area contributed by atoms with Gasteiger partial charge < -0.3 is 19.9 Å². The van der Waals surface area contributed by atoms with Crippen molar-refractivity contribution in [2.45, 2.75) is 109 Å². The Kier molecular flexibility index (Phi) is 11.6. The number of nitrogens with zero attached hydrogens (tertiary/aromatic N) is 5. The molecule has 1 N–H and O–H groups in total. The molecule has 4 heterocycles. The highest BCUT2D eigenvalue weighted by atomic mass is 16.5. The van der Waals surface area contributed by atoms with Crippen LogP contribution in [0, 0.1) is 0 Å². The summed E-state index contributed by atoms with van der Waals surface area (Å²) in [5.74, 6) is 1.56. The first-order valence-electron chi connectivity index (χ1n) is 15.5. The summed E-state index contributed by atoms with van der Waals surface area (Å²) < 4.78 is 5.32. The Morgan fingerprint density at radius 2 is 1.58 bits per heavy atom. The highest BCUT2D eigenvalue weighted by Gasteiger charge is 2.40. The normalized spacial score (nSPS) is 22.9. The van der Waals surface area contributed by atoms with E-state index >= 15 is 0 Å². The number of amides is 1. The number of unbranched alkanes of at least 4 members (excludes halogenated alkanes) is 5. The molecule has 1 aromatic heterocycles. The number of nitrogens with one attached hydrogen (secondary N) is 1. The van der Waals surface area contributed by atoms with Crippen LogP contribution in [0.15, 0.2) is 12.4 Å². The summed E-state index contributed by atoms with van der Waals surface area (Å²) in [7, 11) is 0. The molecule has 0 spiro atoms. The molecule has 214 valence electrons. The number of aromatic nitrogens is 2. The molecule has 1 aromatic rings. The number of hydrogen-bond donors (Lipinski definition) is 1. The van der Waals surface area contributed by atoms with Crippen molar-refractivity contribution in [3.05, 3.63) is 18.0 Å². The van der Waals surface area contributed by atoms with Crippen molar-refractivity contribution in [3.8, 4) is 0 Å². The summed E-state index contributed by atoms with van der Waals surface area (Å²) in [6.45, 7) is 14.2. The molecule has 0 saturated carbocycles. The summed E-state index contributed by atoms with van der Waals surface area (Å²) >= 11 is 0. The first-order chi connectivity index (χ1) is 18.5. The predicted octanol–water partition coefficient (Wildman–Crippen LogP) is 4.21. The van der Waals surface area contributed by atoms with E-state index < -0.39 is 0 Å². The van der Waals surface area contributed by atoms with Gasteiger partial charge in [-0.25, -0.2) is 9.97 Å². The van der Waals surface area contributed by atoms with Gasteiger partial charge in [0.05, 0.1) is 6.10 Å². The zero-order valence-electron chi connectivity index (χ0n) is 24.2. The molecular formula is C30H52N6O2. The number of piperazine rings is 1. The molecule has 3 fully saturated rings. The second-order valence-corrected chi connectivity index (χ2v) is 11.9. The molecule has 2 unspecified atom stereocenters. The molecule has 8 heteroatoms. The SMILES string of the molecule is CCN1CC2CCC(C1)N2c1ncc(C2CCN(CCCCCCCCNC(=O)COC(C)C)CC2)cn1. The van der Waals surface area contributed by atoms with Crippen molar-refractivity contribution < 1.29 is 9.53 Å². The maximum absolute atomic E-state index is 11.6. The van der Waals surface area contributed by atoms with Crippen LogP contribution < -0.4 is 10.2 Å². The standard InChI is InChI=1S/C30H52N6O2/c1-4-34-21-27-11-12-28(22-34)36(27)30-32-19-26(20-33-30)25-13-17-35(18-14-25)16-10-8-6-5-7-9-15-31-29(37)23-38-24(2)3/h19-20,24-25,27-28H,4-18,21-23H2,1-3H3,(H,31,37). The van der Waals surface area contributed by atoms with Crippen molar-refractivity contribution in [1.29, 1.82) is 0 Å². The van der Waals surface area contributed by atoms with Crippen LogP contribution in [-0.4, -0.2) is 96.3 Å². The molecule has 3 saturated heterocycles. The molecular weight excluding hydrogens is 476 g/mol. The van der Waals surface area contributed by atoms with Crippen molar-refractivity contribution in [3.63, 3.8) is 0 Å². The van der Waals surface area contributed by atoms with E-state index in [1.807, 2.05) is 13.8 Å². The number of likely N-dealkylation sites (N-methyl/N-ethyl adjacent to an activating group) is 1. The van der Waals surface area contributed by atoms with Crippen LogP contribution in [0.3, 0.4) is 0 Å². The predicted molar refractivity (Wildman–Crippen MR) is 154 cm³/mol. The molecule has 3 aliphatic heterocycles. The minimum absolute atomic E-state index is 0.000205. The monoisotopic (exact) mass is 528 g/mol. The number of carbonyl (C=O) groups is 1. The number of anilines is 1. The summed E-state index contributed by atoms with van der Waals surface area (Å²) in [4.78, 5) is 29.1. The van der Waals surface area contributed by atoms with Crippen LogP contribution in [0.5, 0.6) is 0 Å². The maximum atomic E-state index is 11.6. The van der Waals surface area contributed by atoms with Crippen LogP contribution in [0.4, 0.5) is 5.95 Å². The van der Waals surface area contributed by atoms with Gasteiger partial charge in [0, 0.05) is 44.1 Å². The number of hydrogen-bond acceptors (Lipinski definition) is 7. The van der Waals surface area contributed by atoms with Gasteiger partial charge in [-0.05, 0) is 90.0 Å². The molecule has 3 aliphatic rings. The lowest BCUT2D eigenvalue weighted by atomic mass is 9.91. The Balaban J connectivity index is 1.04. The molecule has 8 nitrogen and oxygen atoms in total. The maximum Gasteiger partial charge on any atom is 0.246 e. The molecule has 1 amide bonds. The molecule has 4 rings (SSSR count). The number of carbonyl (C=O) groups excluding carboxylic acids is 1. The topological polar surface area (TPSA) is 73.8 Å². The average molecular weight is 529 g/mol. The fraction of sp³-hybridized carbons (Fsp3) is 0.833. The Labute approximate surface area is 230 Å². The molecule has 38 heavy (non-hydrogen) atoms. The van der Waals surface area contributed by atoms with E-state index in [1.165, 1.54) is 83.0 Å². The van der Waals surface area contributed by atoms with E-state index in [9.17, 15) is 4.79 Å². The van der Waals surface area contributed by atoms with Gasteiger partial charge in [-0.2, -0.15) is 0 Å². The molecule has 2 atom stereocenters. The third kappa shape index (κ3) is 8.62. The highest BCUT2D eigenvalue weighted by Crippen LogP contribution is 2.34. The number of ether oxygens (including phenoxy) is 1. The van der Waals surface area contributed by atoms with Gasteiger partial charge in [0.2, 0.25) is 11.9 Å². The number of fused-ring (bicyclic) bond motifs is 2.